The Bertz CT molecular complexity index is 556. The molecule has 2 unspecified atom stereocenters. The third-order valence-electron chi connectivity index (χ3n) is 6.10. The van der Waals surface area contributed by atoms with E-state index in [0.29, 0.717) is 5.92 Å². The van der Waals surface area contributed by atoms with E-state index in [1.807, 2.05) is 4.90 Å². The van der Waals surface area contributed by atoms with Crippen molar-refractivity contribution < 1.29 is 9.59 Å². The molecule has 0 radical (unpaired) electrons. The van der Waals surface area contributed by atoms with Crippen molar-refractivity contribution in [3.63, 3.8) is 0 Å². The van der Waals surface area contributed by atoms with Crippen molar-refractivity contribution in [1.29, 1.82) is 0 Å². The Morgan fingerprint density at radius 2 is 1.84 bits per heavy atom. The summed E-state index contributed by atoms with van der Waals surface area (Å²) in [5, 5.41) is 0. The Balaban J connectivity index is 1.50. The van der Waals surface area contributed by atoms with Crippen LogP contribution < -0.4 is 0 Å². The number of aryl methyl sites for hydroxylation is 1. The van der Waals surface area contributed by atoms with Gasteiger partial charge in [0.15, 0.2) is 0 Å². The molecule has 0 aromatic heterocycles. The van der Waals surface area contributed by atoms with Crippen molar-refractivity contribution in [2.24, 2.45) is 11.8 Å². The van der Waals surface area contributed by atoms with E-state index in [-0.39, 0.29) is 17.9 Å². The molecular weight excluding hydrogens is 310 g/mol. The van der Waals surface area contributed by atoms with Crippen LogP contribution in [0.25, 0.3) is 0 Å². The highest BCUT2D eigenvalue weighted by atomic mass is 16.2. The minimum Gasteiger partial charge on any atom is -0.333 e. The lowest BCUT2D eigenvalue weighted by atomic mass is 9.75. The summed E-state index contributed by atoms with van der Waals surface area (Å²) in [5.74, 6) is 0.943. The Kier molecular flexibility index (Phi) is 6.66. The van der Waals surface area contributed by atoms with Crippen molar-refractivity contribution >= 4 is 12.2 Å². The van der Waals surface area contributed by atoms with Crippen LogP contribution in [0, 0.1) is 11.8 Å². The van der Waals surface area contributed by atoms with Gasteiger partial charge in [-0.2, -0.15) is 0 Å². The average molecular weight is 341 g/mol. The number of benzene rings is 1. The minimum absolute atomic E-state index is 0.158. The molecule has 136 valence electrons. The number of hydrogen-bond donors (Lipinski definition) is 0. The van der Waals surface area contributed by atoms with E-state index < -0.39 is 0 Å². The molecule has 0 bridgehead atoms. The van der Waals surface area contributed by atoms with Gasteiger partial charge in [-0.3, -0.25) is 4.79 Å². The van der Waals surface area contributed by atoms with E-state index in [4.69, 9.17) is 0 Å². The first-order chi connectivity index (χ1) is 12.3. The summed E-state index contributed by atoms with van der Waals surface area (Å²) < 4.78 is 0. The first-order valence-corrected chi connectivity index (χ1v) is 10.1. The van der Waals surface area contributed by atoms with Gasteiger partial charge >= 0.3 is 0 Å². The molecule has 25 heavy (non-hydrogen) atoms. The maximum Gasteiger partial charge on any atom is 0.226 e. The fraction of sp³-hybridized carbons (Fsp3) is 0.636. The molecule has 1 heterocycles. The molecule has 1 aromatic rings. The molecule has 1 aliphatic carbocycles. The zero-order valence-corrected chi connectivity index (χ0v) is 15.2. The number of nitrogens with zero attached hydrogens (tertiary/aromatic N) is 1. The second kappa shape index (κ2) is 9.17. The van der Waals surface area contributed by atoms with Crippen LogP contribution in [0.4, 0.5) is 0 Å². The van der Waals surface area contributed by atoms with Gasteiger partial charge in [0.25, 0.3) is 0 Å². The van der Waals surface area contributed by atoms with E-state index in [1.165, 1.54) is 31.2 Å². The van der Waals surface area contributed by atoms with E-state index >= 15 is 0 Å². The highest BCUT2D eigenvalue weighted by molar-refractivity contribution is 5.82. The summed E-state index contributed by atoms with van der Waals surface area (Å²) in [7, 11) is 0. The lowest BCUT2D eigenvalue weighted by Gasteiger charge is -2.34. The number of likely N-dealkylation sites (tertiary alicyclic amines) is 1. The van der Waals surface area contributed by atoms with Gasteiger partial charge in [-0.05, 0) is 56.4 Å². The van der Waals surface area contributed by atoms with Gasteiger partial charge in [0, 0.05) is 12.5 Å². The fourth-order valence-electron chi connectivity index (χ4n) is 4.68. The average Bonchev–Trinajstić information content (AvgIpc) is 3.14. The number of carbonyl (C=O) groups excluding carboxylic acids is 2. The third kappa shape index (κ3) is 4.71. The van der Waals surface area contributed by atoms with E-state index in [1.54, 1.807) is 0 Å². The van der Waals surface area contributed by atoms with Crippen LogP contribution >= 0.6 is 0 Å². The number of rotatable bonds is 7. The molecule has 1 amide bonds. The molecule has 2 fully saturated rings. The summed E-state index contributed by atoms with van der Waals surface area (Å²) in [4.78, 5) is 26.1. The molecule has 1 saturated heterocycles. The molecule has 0 N–H and O–H groups in total. The second-order valence-corrected chi connectivity index (χ2v) is 7.76. The Hall–Kier alpha value is -1.64. The first-order valence-electron chi connectivity index (χ1n) is 10.1. The van der Waals surface area contributed by atoms with Crippen molar-refractivity contribution in [1.82, 2.24) is 4.90 Å². The summed E-state index contributed by atoms with van der Waals surface area (Å²) in [6, 6.07) is 10.5. The highest BCUT2D eigenvalue weighted by Crippen LogP contribution is 2.36. The lowest BCUT2D eigenvalue weighted by molar-refractivity contribution is -0.141. The predicted octanol–water partition coefficient (Wildman–Crippen LogP) is 4.40. The molecule has 1 aliphatic heterocycles. The van der Waals surface area contributed by atoms with Gasteiger partial charge in [-0.15, -0.1) is 0 Å². The van der Waals surface area contributed by atoms with Crippen molar-refractivity contribution in [2.75, 3.05) is 6.54 Å². The van der Waals surface area contributed by atoms with Crippen molar-refractivity contribution in [3.05, 3.63) is 35.9 Å². The lowest BCUT2D eigenvalue weighted by Crippen LogP contribution is -2.43. The highest BCUT2D eigenvalue weighted by Gasteiger charge is 2.37. The topological polar surface area (TPSA) is 37.4 Å². The maximum atomic E-state index is 13.0. The molecule has 3 heteroatoms. The molecule has 1 saturated carbocycles. The quantitative estimate of drug-likeness (QED) is 0.545. The fourth-order valence-corrected chi connectivity index (χ4v) is 4.68. The number of carbonyl (C=O) groups is 2. The second-order valence-electron chi connectivity index (χ2n) is 7.76. The predicted molar refractivity (Wildman–Crippen MR) is 100 cm³/mol. The van der Waals surface area contributed by atoms with Gasteiger partial charge in [0.1, 0.15) is 6.29 Å². The van der Waals surface area contributed by atoms with Crippen LogP contribution in [0.3, 0.4) is 0 Å². The van der Waals surface area contributed by atoms with Crippen molar-refractivity contribution in [2.45, 2.75) is 70.3 Å². The zero-order chi connectivity index (χ0) is 17.5. The summed E-state index contributed by atoms with van der Waals surface area (Å²) in [6.45, 7) is 0.777. The molecular formula is C22H31NO2. The summed E-state index contributed by atoms with van der Waals surface area (Å²) >= 11 is 0. The van der Waals surface area contributed by atoms with E-state index in [2.05, 4.69) is 30.3 Å². The zero-order valence-electron chi connectivity index (χ0n) is 15.2. The standard InChI is InChI=1S/C22H31NO2/c24-17-20-14-8-16-23(20)22(25)21-15-7-6-13-19(21)12-5-4-11-18-9-2-1-3-10-18/h1-3,9-10,17,19-21H,4-8,11-16H2/t19?,20-,21?/m0/s1. The van der Waals surface area contributed by atoms with Crippen molar-refractivity contribution in [3.8, 4) is 0 Å². The SMILES string of the molecule is O=C[C@@H]1CCCN1C(=O)C1CCCCC1CCCCc1ccccc1. The van der Waals surface area contributed by atoms with Crippen LogP contribution in [0.15, 0.2) is 30.3 Å². The monoisotopic (exact) mass is 341 g/mol. The molecule has 3 rings (SSSR count). The van der Waals surface area contributed by atoms with Gasteiger partial charge in [-0.1, -0.05) is 49.6 Å². The van der Waals surface area contributed by atoms with Crippen LogP contribution in [0.1, 0.15) is 63.4 Å². The molecule has 0 spiro atoms. The van der Waals surface area contributed by atoms with Gasteiger partial charge in [0.05, 0.1) is 6.04 Å². The van der Waals surface area contributed by atoms with Crippen LogP contribution in [0.2, 0.25) is 0 Å². The smallest absolute Gasteiger partial charge is 0.226 e. The normalized spacial score (nSPS) is 26.6. The minimum atomic E-state index is -0.159. The number of amides is 1. The van der Waals surface area contributed by atoms with Gasteiger partial charge in [0.2, 0.25) is 5.91 Å². The van der Waals surface area contributed by atoms with Crippen LogP contribution in [-0.2, 0) is 16.0 Å². The van der Waals surface area contributed by atoms with E-state index in [9.17, 15) is 9.59 Å². The number of hydrogen-bond acceptors (Lipinski definition) is 2. The van der Waals surface area contributed by atoms with E-state index in [0.717, 1.165) is 51.4 Å². The molecule has 3 nitrogen and oxygen atoms in total. The molecule has 1 aromatic carbocycles. The third-order valence-corrected chi connectivity index (χ3v) is 6.10. The maximum absolute atomic E-state index is 13.0. The molecule has 3 atom stereocenters. The van der Waals surface area contributed by atoms with Gasteiger partial charge < -0.3 is 9.69 Å². The first kappa shape index (κ1) is 18.2. The van der Waals surface area contributed by atoms with Crippen LogP contribution in [-0.4, -0.2) is 29.7 Å². The Morgan fingerprint density at radius 1 is 1.04 bits per heavy atom. The largest absolute Gasteiger partial charge is 0.333 e. The van der Waals surface area contributed by atoms with Crippen LogP contribution in [0.5, 0.6) is 0 Å². The number of unbranched alkanes of at least 4 members (excludes halogenated alkanes) is 1. The number of aldehydes is 1. The molecule has 2 aliphatic rings. The summed E-state index contributed by atoms with van der Waals surface area (Å²) in [5.41, 5.74) is 1.41. The Labute approximate surface area is 151 Å². The summed E-state index contributed by atoms with van der Waals surface area (Å²) in [6.07, 6.45) is 12.1. The van der Waals surface area contributed by atoms with Gasteiger partial charge in [-0.25, -0.2) is 0 Å². The Morgan fingerprint density at radius 3 is 2.64 bits per heavy atom.